The van der Waals surface area contributed by atoms with Crippen LogP contribution in [0.3, 0.4) is 0 Å². The van der Waals surface area contributed by atoms with Gasteiger partial charge in [-0.15, -0.1) is 0 Å². The average molecular weight is 298 g/mol. The zero-order chi connectivity index (χ0) is 15.7. The highest BCUT2D eigenvalue weighted by atomic mass is 16.5. The van der Waals surface area contributed by atoms with Crippen LogP contribution in [0.1, 0.15) is 0 Å². The first-order chi connectivity index (χ1) is 10.7. The molecule has 3 aromatic rings. The minimum Gasteiger partial charge on any atom is -0.502 e. The van der Waals surface area contributed by atoms with Crippen LogP contribution in [0.15, 0.2) is 51.7 Å². The summed E-state index contributed by atoms with van der Waals surface area (Å²) in [6, 6.07) is 12.3. The van der Waals surface area contributed by atoms with Crippen LogP contribution in [0.4, 0.5) is 0 Å². The molecule has 5 heteroatoms. The number of methoxy groups -OCH3 is 2. The Labute approximate surface area is 126 Å². The van der Waals surface area contributed by atoms with E-state index in [0.717, 1.165) is 5.56 Å². The van der Waals surface area contributed by atoms with Gasteiger partial charge in [-0.05, 0) is 5.56 Å². The van der Waals surface area contributed by atoms with Crippen molar-refractivity contribution in [2.45, 2.75) is 0 Å². The van der Waals surface area contributed by atoms with Crippen molar-refractivity contribution >= 4 is 11.0 Å². The molecular weight excluding hydrogens is 284 g/mol. The van der Waals surface area contributed by atoms with Crippen LogP contribution in [0.5, 0.6) is 17.2 Å². The maximum Gasteiger partial charge on any atom is 0.336 e. The van der Waals surface area contributed by atoms with Gasteiger partial charge in [0.1, 0.15) is 5.75 Å². The third kappa shape index (κ3) is 2.16. The van der Waals surface area contributed by atoms with E-state index in [-0.39, 0.29) is 17.1 Å². The van der Waals surface area contributed by atoms with Crippen molar-refractivity contribution in [3.8, 4) is 28.4 Å². The maximum absolute atomic E-state index is 11.9. The van der Waals surface area contributed by atoms with Crippen molar-refractivity contribution in [1.29, 1.82) is 0 Å². The third-order valence-electron chi connectivity index (χ3n) is 3.44. The summed E-state index contributed by atoms with van der Waals surface area (Å²) in [7, 11) is 2.92. The summed E-state index contributed by atoms with van der Waals surface area (Å²) >= 11 is 0. The smallest absolute Gasteiger partial charge is 0.336 e. The molecule has 5 nitrogen and oxygen atoms in total. The maximum atomic E-state index is 11.9. The van der Waals surface area contributed by atoms with E-state index in [2.05, 4.69) is 0 Å². The Morgan fingerprint density at radius 2 is 1.68 bits per heavy atom. The molecule has 0 bridgehead atoms. The van der Waals surface area contributed by atoms with Crippen LogP contribution >= 0.6 is 0 Å². The zero-order valence-corrected chi connectivity index (χ0v) is 12.1. The molecule has 0 spiro atoms. The highest BCUT2D eigenvalue weighted by molar-refractivity contribution is 6.01. The van der Waals surface area contributed by atoms with Gasteiger partial charge in [-0.3, -0.25) is 0 Å². The van der Waals surface area contributed by atoms with Crippen molar-refractivity contribution in [2.75, 3.05) is 14.2 Å². The summed E-state index contributed by atoms with van der Waals surface area (Å²) in [5.41, 5.74) is 0.935. The fourth-order valence-electron chi connectivity index (χ4n) is 2.44. The van der Waals surface area contributed by atoms with Crippen molar-refractivity contribution < 1.29 is 19.0 Å². The molecule has 22 heavy (non-hydrogen) atoms. The van der Waals surface area contributed by atoms with Gasteiger partial charge < -0.3 is 19.0 Å². The van der Waals surface area contributed by atoms with E-state index in [4.69, 9.17) is 13.9 Å². The van der Waals surface area contributed by atoms with Crippen molar-refractivity contribution in [3.05, 3.63) is 52.9 Å². The number of phenolic OH excluding ortho intramolecular Hbond substituents is 1. The Morgan fingerprint density at radius 3 is 2.32 bits per heavy atom. The summed E-state index contributed by atoms with van der Waals surface area (Å²) in [6.45, 7) is 0. The monoisotopic (exact) mass is 298 g/mol. The third-order valence-corrected chi connectivity index (χ3v) is 3.44. The van der Waals surface area contributed by atoms with E-state index in [1.165, 1.54) is 20.3 Å². The molecule has 1 heterocycles. The number of benzene rings is 2. The standard InChI is InChI=1S/C17H14O5/c1-20-12-9-13(21-2)16(19)17-15(12)11(8-14(18)22-17)10-6-4-3-5-7-10/h3-9,19H,1-2H3. The molecule has 0 unspecified atom stereocenters. The number of ether oxygens (including phenoxy) is 2. The van der Waals surface area contributed by atoms with Crippen molar-refractivity contribution in [1.82, 2.24) is 0 Å². The molecule has 0 radical (unpaired) electrons. The molecule has 112 valence electrons. The Morgan fingerprint density at radius 1 is 1.00 bits per heavy atom. The van der Waals surface area contributed by atoms with Crippen LogP contribution < -0.4 is 15.1 Å². The molecular formula is C17H14O5. The molecule has 1 aromatic heterocycles. The van der Waals surface area contributed by atoms with E-state index >= 15 is 0 Å². The lowest BCUT2D eigenvalue weighted by Crippen LogP contribution is -2.00. The van der Waals surface area contributed by atoms with E-state index in [0.29, 0.717) is 16.7 Å². The Kier molecular flexibility index (Phi) is 3.47. The molecule has 0 aliphatic carbocycles. The summed E-state index contributed by atoms with van der Waals surface area (Å²) in [4.78, 5) is 11.9. The van der Waals surface area contributed by atoms with E-state index < -0.39 is 5.63 Å². The van der Waals surface area contributed by atoms with Gasteiger partial charge in [-0.1, -0.05) is 30.3 Å². The number of phenols is 1. The topological polar surface area (TPSA) is 68.9 Å². The van der Waals surface area contributed by atoms with Gasteiger partial charge in [0.2, 0.25) is 5.75 Å². The molecule has 3 rings (SSSR count). The Hall–Kier alpha value is -2.95. The van der Waals surface area contributed by atoms with E-state index in [1.54, 1.807) is 6.07 Å². The first-order valence-electron chi connectivity index (χ1n) is 6.63. The highest BCUT2D eigenvalue weighted by Gasteiger charge is 2.19. The van der Waals surface area contributed by atoms with Crippen LogP contribution in [0.25, 0.3) is 22.1 Å². The molecule has 0 atom stereocenters. The fourth-order valence-corrected chi connectivity index (χ4v) is 2.44. The van der Waals surface area contributed by atoms with Gasteiger partial charge in [0.05, 0.1) is 19.6 Å². The van der Waals surface area contributed by atoms with Crippen LogP contribution in [0.2, 0.25) is 0 Å². The molecule has 0 saturated carbocycles. The van der Waals surface area contributed by atoms with Crippen molar-refractivity contribution in [3.63, 3.8) is 0 Å². The summed E-state index contributed by atoms with van der Waals surface area (Å²) in [5.74, 6) is 0.401. The van der Waals surface area contributed by atoms with Crippen LogP contribution in [0, 0.1) is 0 Å². The highest BCUT2D eigenvalue weighted by Crippen LogP contribution is 2.43. The number of hydrogen-bond acceptors (Lipinski definition) is 5. The fraction of sp³-hybridized carbons (Fsp3) is 0.118. The van der Waals surface area contributed by atoms with Crippen molar-refractivity contribution in [2.24, 2.45) is 0 Å². The second-order valence-electron chi connectivity index (χ2n) is 4.68. The van der Waals surface area contributed by atoms with Gasteiger partial charge in [0, 0.05) is 17.7 Å². The first kappa shape index (κ1) is 14.0. The molecule has 0 amide bonds. The van der Waals surface area contributed by atoms with Gasteiger partial charge in [0.15, 0.2) is 11.3 Å². The molecule has 1 N–H and O–H groups in total. The lowest BCUT2D eigenvalue weighted by molar-refractivity contribution is 0.362. The minimum atomic E-state index is -0.558. The van der Waals surface area contributed by atoms with Gasteiger partial charge in [0.25, 0.3) is 0 Å². The van der Waals surface area contributed by atoms with Crippen LogP contribution in [-0.4, -0.2) is 19.3 Å². The van der Waals surface area contributed by atoms with Gasteiger partial charge in [-0.2, -0.15) is 0 Å². The average Bonchev–Trinajstić information content (AvgIpc) is 2.56. The quantitative estimate of drug-likeness (QED) is 0.752. The normalized spacial score (nSPS) is 10.6. The minimum absolute atomic E-state index is 0.0440. The summed E-state index contributed by atoms with van der Waals surface area (Å²) in [6.07, 6.45) is 0. The number of hydrogen-bond donors (Lipinski definition) is 1. The Bertz CT molecular complexity index is 881. The first-order valence-corrected chi connectivity index (χ1v) is 6.63. The largest absolute Gasteiger partial charge is 0.502 e. The number of rotatable bonds is 3. The molecule has 0 fully saturated rings. The summed E-state index contributed by atoms with van der Waals surface area (Å²) in [5, 5.41) is 10.8. The molecule has 0 aliphatic heterocycles. The Balaban J connectivity index is 2.48. The van der Waals surface area contributed by atoms with Gasteiger partial charge >= 0.3 is 5.63 Å². The predicted molar refractivity (Wildman–Crippen MR) is 82.7 cm³/mol. The van der Waals surface area contributed by atoms with E-state index in [9.17, 15) is 9.90 Å². The zero-order valence-electron chi connectivity index (χ0n) is 12.1. The second-order valence-corrected chi connectivity index (χ2v) is 4.68. The summed E-state index contributed by atoms with van der Waals surface area (Å²) < 4.78 is 15.6. The number of aromatic hydroxyl groups is 1. The predicted octanol–water partition coefficient (Wildman–Crippen LogP) is 3.18. The second kappa shape index (κ2) is 5.44. The lowest BCUT2D eigenvalue weighted by Gasteiger charge is -2.13. The molecule has 2 aromatic carbocycles. The SMILES string of the molecule is COc1cc(OC)c2c(-c3ccccc3)cc(=O)oc2c1O. The lowest BCUT2D eigenvalue weighted by atomic mass is 10.0. The van der Waals surface area contributed by atoms with Crippen LogP contribution in [-0.2, 0) is 0 Å². The van der Waals surface area contributed by atoms with E-state index in [1.807, 2.05) is 30.3 Å². The molecule has 0 saturated heterocycles. The van der Waals surface area contributed by atoms with Gasteiger partial charge in [-0.25, -0.2) is 4.79 Å². The number of fused-ring (bicyclic) bond motifs is 1. The molecule has 0 aliphatic rings.